The average Bonchev–Trinajstić information content (AvgIpc) is 2.88. The topological polar surface area (TPSA) is 73.3 Å². The third kappa shape index (κ3) is 2.29. The lowest BCUT2D eigenvalue weighted by Crippen LogP contribution is -2.05. The molecule has 1 amide bonds. The van der Waals surface area contributed by atoms with Crippen molar-refractivity contribution in [3.05, 3.63) is 60.6 Å². The van der Waals surface area contributed by atoms with Gasteiger partial charge in [0.05, 0.1) is 18.1 Å². The molecular weight excluding hydrogens is 252 g/mol. The number of fused-ring (bicyclic) bond motifs is 1. The molecule has 98 valence electrons. The van der Waals surface area contributed by atoms with Gasteiger partial charge < -0.3 is 5.73 Å². The van der Waals surface area contributed by atoms with Gasteiger partial charge in [0.1, 0.15) is 0 Å². The molecule has 2 N–H and O–H groups in total. The zero-order valence-corrected chi connectivity index (χ0v) is 10.6. The quantitative estimate of drug-likeness (QED) is 0.734. The standard InChI is InChI=1S/C15H12N4O/c16-14(20)7-6-13-10-17-15-8-12(9-18-19(13)15)11-4-2-1-3-5-11/h1-10H,(H2,16,20)/b7-6+. The zero-order valence-electron chi connectivity index (χ0n) is 10.6. The van der Waals surface area contributed by atoms with E-state index in [-0.39, 0.29) is 0 Å². The Kier molecular flexibility index (Phi) is 3.01. The summed E-state index contributed by atoms with van der Waals surface area (Å²) in [5.41, 5.74) is 8.58. The molecule has 3 rings (SSSR count). The number of hydrogen-bond donors (Lipinski definition) is 1. The number of aromatic nitrogens is 3. The van der Waals surface area contributed by atoms with E-state index in [4.69, 9.17) is 5.73 Å². The fraction of sp³-hybridized carbons (Fsp3) is 0. The van der Waals surface area contributed by atoms with Crippen molar-refractivity contribution in [2.75, 3.05) is 0 Å². The molecular formula is C15H12N4O. The zero-order chi connectivity index (χ0) is 13.9. The molecule has 0 aliphatic heterocycles. The normalized spacial score (nSPS) is 11.2. The monoisotopic (exact) mass is 264 g/mol. The second-order valence-corrected chi connectivity index (χ2v) is 4.30. The molecule has 0 bridgehead atoms. The van der Waals surface area contributed by atoms with E-state index in [2.05, 4.69) is 10.1 Å². The number of carbonyl (C=O) groups excluding carboxylic acids is 1. The predicted octanol–water partition coefficient (Wildman–Crippen LogP) is 1.89. The van der Waals surface area contributed by atoms with Crippen LogP contribution >= 0.6 is 0 Å². The first-order valence-electron chi connectivity index (χ1n) is 6.11. The number of carbonyl (C=O) groups is 1. The number of primary amides is 1. The molecule has 5 nitrogen and oxygen atoms in total. The van der Waals surface area contributed by atoms with Gasteiger partial charge in [-0.2, -0.15) is 5.10 Å². The minimum absolute atomic E-state index is 0.499. The van der Waals surface area contributed by atoms with Crippen molar-refractivity contribution >= 4 is 17.6 Å². The van der Waals surface area contributed by atoms with E-state index in [1.807, 2.05) is 36.4 Å². The molecule has 3 aromatic rings. The SMILES string of the molecule is NC(=O)/C=C/c1cnc2cc(-c3ccccc3)cnn12. The lowest BCUT2D eigenvalue weighted by molar-refractivity contribution is -0.113. The van der Waals surface area contributed by atoms with Gasteiger partial charge in [-0.1, -0.05) is 30.3 Å². The number of benzene rings is 1. The van der Waals surface area contributed by atoms with Crippen molar-refractivity contribution < 1.29 is 4.79 Å². The van der Waals surface area contributed by atoms with E-state index < -0.39 is 5.91 Å². The van der Waals surface area contributed by atoms with Crippen molar-refractivity contribution in [1.82, 2.24) is 14.6 Å². The average molecular weight is 264 g/mol. The van der Waals surface area contributed by atoms with E-state index in [9.17, 15) is 4.79 Å². The summed E-state index contributed by atoms with van der Waals surface area (Å²) in [6.07, 6.45) is 6.30. The molecule has 0 saturated heterocycles. The summed E-state index contributed by atoms with van der Waals surface area (Å²) in [6.45, 7) is 0. The fourth-order valence-electron chi connectivity index (χ4n) is 1.96. The predicted molar refractivity (Wildman–Crippen MR) is 76.7 cm³/mol. The molecule has 20 heavy (non-hydrogen) atoms. The minimum Gasteiger partial charge on any atom is -0.366 e. The van der Waals surface area contributed by atoms with Gasteiger partial charge in [0, 0.05) is 11.6 Å². The number of imidazole rings is 1. The highest BCUT2D eigenvalue weighted by molar-refractivity contribution is 5.90. The number of nitrogens with two attached hydrogens (primary N) is 1. The lowest BCUT2D eigenvalue weighted by atomic mass is 10.1. The summed E-state index contributed by atoms with van der Waals surface area (Å²) < 4.78 is 1.66. The molecule has 0 saturated carbocycles. The molecule has 2 heterocycles. The van der Waals surface area contributed by atoms with Gasteiger partial charge in [0.25, 0.3) is 0 Å². The van der Waals surface area contributed by atoms with Gasteiger partial charge in [-0.15, -0.1) is 0 Å². The minimum atomic E-state index is -0.499. The summed E-state index contributed by atoms with van der Waals surface area (Å²) in [4.78, 5) is 15.0. The van der Waals surface area contributed by atoms with Crippen LogP contribution in [0.3, 0.4) is 0 Å². The lowest BCUT2D eigenvalue weighted by Gasteiger charge is -2.01. The summed E-state index contributed by atoms with van der Waals surface area (Å²) in [5.74, 6) is -0.499. The van der Waals surface area contributed by atoms with Crippen LogP contribution in [0.2, 0.25) is 0 Å². The number of hydrogen-bond acceptors (Lipinski definition) is 3. The first kappa shape index (κ1) is 12.1. The molecule has 0 atom stereocenters. The third-order valence-corrected chi connectivity index (χ3v) is 2.91. The van der Waals surface area contributed by atoms with Crippen LogP contribution in [0.15, 0.2) is 54.9 Å². The van der Waals surface area contributed by atoms with Crippen molar-refractivity contribution in [2.24, 2.45) is 5.73 Å². The highest BCUT2D eigenvalue weighted by atomic mass is 16.1. The number of rotatable bonds is 3. The van der Waals surface area contributed by atoms with Crippen LogP contribution in [0.4, 0.5) is 0 Å². The van der Waals surface area contributed by atoms with Gasteiger partial charge >= 0.3 is 0 Å². The van der Waals surface area contributed by atoms with Crippen molar-refractivity contribution in [3.63, 3.8) is 0 Å². The Balaban J connectivity index is 2.04. The van der Waals surface area contributed by atoms with Crippen LogP contribution in [0.5, 0.6) is 0 Å². The molecule has 0 spiro atoms. The van der Waals surface area contributed by atoms with Crippen molar-refractivity contribution in [2.45, 2.75) is 0 Å². The highest BCUT2D eigenvalue weighted by Crippen LogP contribution is 2.19. The molecule has 0 aliphatic rings. The van der Waals surface area contributed by atoms with Gasteiger partial charge in [-0.05, 0) is 17.7 Å². The Morgan fingerprint density at radius 2 is 1.95 bits per heavy atom. The van der Waals surface area contributed by atoms with Gasteiger partial charge in [-0.25, -0.2) is 9.50 Å². The molecule has 2 aromatic heterocycles. The molecule has 0 aliphatic carbocycles. The maximum absolute atomic E-state index is 10.8. The van der Waals surface area contributed by atoms with Crippen LogP contribution in [0.25, 0.3) is 22.9 Å². The highest BCUT2D eigenvalue weighted by Gasteiger charge is 2.04. The van der Waals surface area contributed by atoms with Crippen LogP contribution in [0, 0.1) is 0 Å². The summed E-state index contributed by atoms with van der Waals surface area (Å²) in [7, 11) is 0. The first-order chi connectivity index (χ1) is 9.74. The van der Waals surface area contributed by atoms with Gasteiger partial charge in [0.2, 0.25) is 5.91 Å². The van der Waals surface area contributed by atoms with Gasteiger partial charge in [0.15, 0.2) is 5.65 Å². The maximum atomic E-state index is 10.8. The van der Waals surface area contributed by atoms with E-state index in [0.717, 1.165) is 16.8 Å². The van der Waals surface area contributed by atoms with E-state index in [1.54, 1.807) is 23.0 Å². The van der Waals surface area contributed by atoms with Crippen LogP contribution in [-0.2, 0) is 4.79 Å². The second-order valence-electron chi connectivity index (χ2n) is 4.30. The van der Waals surface area contributed by atoms with Crippen molar-refractivity contribution in [1.29, 1.82) is 0 Å². The molecule has 0 fully saturated rings. The van der Waals surface area contributed by atoms with E-state index in [1.165, 1.54) is 6.08 Å². The Bertz CT molecular complexity index is 790. The Morgan fingerprint density at radius 1 is 1.15 bits per heavy atom. The Labute approximate surface area is 115 Å². The summed E-state index contributed by atoms with van der Waals surface area (Å²) in [5, 5.41) is 4.35. The fourth-order valence-corrected chi connectivity index (χ4v) is 1.96. The van der Waals surface area contributed by atoms with Crippen LogP contribution < -0.4 is 5.73 Å². The molecule has 1 aromatic carbocycles. The van der Waals surface area contributed by atoms with Crippen LogP contribution in [0.1, 0.15) is 5.69 Å². The maximum Gasteiger partial charge on any atom is 0.241 e. The van der Waals surface area contributed by atoms with Crippen LogP contribution in [-0.4, -0.2) is 20.5 Å². The number of nitrogens with zero attached hydrogens (tertiary/aromatic N) is 3. The van der Waals surface area contributed by atoms with E-state index >= 15 is 0 Å². The molecule has 0 radical (unpaired) electrons. The number of amides is 1. The molecule has 0 unspecified atom stereocenters. The third-order valence-electron chi connectivity index (χ3n) is 2.91. The Hall–Kier alpha value is -2.95. The van der Waals surface area contributed by atoms with Gasteiger partial charge in [-0.3, -0.25) is 4.79 Å². The molecule has 5 heteroatoms. The van der Waals surface area contributed by atoms with Crippen molar-refractivity contribution in [3.8, 4) is 11.1 Å². The first-order valence-corrected chi connectivity index (χ1v) is 6.11. The smallest absolute Gasteiger partial charge is 0.241 e. The largest absolute Gasteiger partial charge is 0.366 e. The second kappa shape index (κ2) is 4.97. The Morgan fingerprint density at radius 3 is 2.70 bits per heavy atom. The van der Waals surface area contributed by atoms with E-state index in [0.29, 0.717) is 5.69 Å². The summed E-state index contributed by atoms with van der Waals surface area (Å²) in [6, 6.07) is 11.9. The summed E-state index contributed by atoms with van der Waals surface area (Å²) >= 11 is 0.